The summed E-state index contributed by atoms with van der Waals surface area (Å²) in [6, 6.07) is 16.8. The molecule has 2 N–H and O–H groups in total. The van der Waals surface area contributed by atoms with Crippen LogP contribution in [0, 0.1) is 0 Å². The summed E-state index contributed by atoms with van der Waals surface area (Å²) in [4.78, 5) is 20.6. The first-order valence-corrected chi connectivity index (χ1v) is 7.93. The van der Waals surface area contributed by atoms with Crippen molar-refractivity contribution in [2.45, 2.75) is 6.92 Å². The lowest BCUT2D eigenvalue weighted by Gasteiger charge is -2.11. The first-order valence-electron chi connectivity index (χ1n) is 7.93. The van der Waals surface area contributed by atoms with Gasteiger partial charge in [-0.15, -0.1) is 0 Å². The maximum Gasteiger partial charge on any atom is 0.258 e. The molecule has 1 aromatic heterocycles. The number of para-hydroxylation sites is 3. The van der Waals surface area contributed by atoms with Gasteiger partial charge < -0.3 is 15.4 Å². The second-order valence-corrected chi connectivity index (χ2v) is 5.17. The van der Waals surface area contributed by atoms with Crippen LogP contribution in [0.25, 0.3) is 0 Å². The smallest absolute Gasteiger partial charge is 0.258 e. The number of hydrogen-bond acceptors (Lipinski definition) is 5. The maximum absolute atomic E-state index is 12.2. The van der Waals surface area contributed by atoms with Crippen molar-refractivity contribution in [1.82, 2.24) is 9.97 Å². The SMILES string of the molecule is CCOc1ccccc1Nc1ncc(C(=O)Nc2ccccc2)cn1. The second kappa shape index (κ2) is 7.92. The second-order valence-electron chi connectivity index (χ2n) is 5.17. The highest BCUT2D eigenvalue weighted by Crippen LogP contribution is 2.25. The minimum absolute atomic E-state index is 0.257. The van der Waals surface area contributed by atoms with Crippen LogP contribution >= 0.6 is 0 Å². The van der Waals surface area contributed by atoms with Crippen molar-refractivity contribution in [2.24, 2.45) is 0 Å². The van der Waals surface area contributed by atoms with Crippen LogP contribution in [-0.4, -0.2) is 22.5 Å². The lowest BCUT2D eigenvalue weighted by molar-refractivity contribution is 0.102. The van der Waals surface area contributed by atoms with Gasteiger partial charge in [0.2, 0.25) is 5.95 Å². The standard InChI is InChI=1S/C19H18N4O2/c1-2-25-17-11-7-6-10-16(17)23-19-20-12-14(13-21-19)18(24)22-15-8-4-3-5-9-15/h3-13H,2H2,1H3,(H,22,24)(H,20,21,23). The van der Waals surface area contributed by atoms with Crippen LogP contribution in [0.4, 0.5) is 17.3 Å². The summed E-state index contributed by atoms with van der Waals surface area (Å²) < 4.78 is 5.56. The minimum atomic E-state index is -0.257. The summed E-state index contributed by atoms with van der Waals surface area (Å²) in [5.74, 6) is 0.857. The normalized spacial score (nSPS) is 10.1. The fourth-order valence-electron chi connectivity index (χ4n) is 2.21. The molecule has 0 atom stereocenters. The molecule has 0 aliphatic rings. The molecule has 0 aliphatic heterocycles. The number of rotatable bonds is 6. The monoisotopic (exact) mass is 334 g/mol. The molecule has 3 aromatic rings. The molecule has 0 radical (unpaired) electrons. The molecule has 0 saturated heterocycles. The van der Waals surface area contributed by atoms with Crippen LogP contribution in [0.5, 0.6) is 5.75 Å². The molecule has 1 amide bonds. The first-order chi connectivity index (χ1) is 12.3. The van der Waals surface area contributed by atoms with Gasteiger partial charge in [-0.3, -0.25) is 4.79 Å². The van der Waals surface area contributed by atoms with Gasteiger partial charge in [-0.05, 0) is 31.2 Å². The van der Waals surface area contributed by atoms with Crippen LogP contribution in [-0.2, 0) is 0 Å². The van der Waals surface area contributed by atoms with Crippen molar-refractivity contribution >= 4 is 23.2 Å². The number of nitrogens with one attached hydrogen (secondary N) is 2. The third-order valence-corrected chi connectivity index (χ3v) is 3.38. The molecule has 0 fully saturated rings. The average molecular weight is 334 g/mol. The van der Waals surface area contributed by atoms with Gasteiger partial charge >= 0.3 is 0 Å². The number of carbonyl (C=O) groups excluding carboxylic acids is 1. The van der Waals surface area contributed by atoms with E-state index >= 15 is 0 Å². The third-order valence-electron chi connectivity index (χ3n) is 3.38. The molecule has 126 valence electrons. The molecule has 0 saturated carbocycles. The van der Waals surface area contributed by atoms with E-state index in [0.717, 1.165) is 17.1 Å². The van der Waals surface area contributed by atoms with Crippen LogP contribution in [0.15, 0.2) is 67.0 Å². The van der Waals surface area contributed by atoms with Crippen molar-refractivity contribution in [3.05, 3.63) is 72.6 Å². The van der Waals surface area contributed by atoms with Crippen molar-refractivity contribution < 1.29 is 9.53 Å². The zero-order valence-electron chi connectivity index (χ0n) is 13.8. The number of carbonyl (C=O) groups is 1. The molecule has 3 rings (SSSR count). The molecule has 25 heavy (non-hydrogen) atoms. The van der Waals surface area contributed by atoms with Crippen molar-refractivity contribution in [1.29, 1.82) is 0 Å². The zero-order chi connectivity index (χ0) is 17.5. The maximum atomic E-state index is 12.2. The van der Waals surface area contributed by atoms with Crippen molar-refractivity contribution in [3.8, 4) is 5.75 Å². The van der Waals surface area contributed by atoms with E-state index < -0.39 is 0 Å². The summed E-state index contributed by atoms with van der Waals surface area (Å²) in [6.45, 7) is 2.49. The Hall–Kier alpha value is -3.41. The molecule has 1 heterocycles. The Morgan fingerprint density at radius 1 is 1.00 bits per heavy atom. The van der Waals surface area contributed by atoms with Crippen molar-refractivity contribution in [3.63, 3.8) is 0 Å². The summed E-state index contributed by atoms with van der Waals surface area (Å²) in [6.07, 6.45) is 2.97. The van der Waals surface area contributed by atoms with Crippen LogP contribution in [0.2, 0.25) is 0 Å². The van der Waals surface area contributed by atoms with Gasteiger partial charge in [0.25, 0.3) is 5.91 Å². The van der Waals surface area contributed by atoms with Gasteiger partial charge in [0, 0.05) is 18.1 Å². The number of hydrogen-bond donors (Lipinski definition) is 2. The highest BCUT2D eigenvalue weighted by molar-refractivity contribution is 6.03. The first kappa shape index (κ1) is 16.4. The predicted octanol–water partition coefficient (Wildman–Crippen LogP) is 3.87. The lowest BCUT2D eigenvalue weighted by atomic mass is 10.3. The van der Waals surface area contributed by atoms with E-state index in [0.29, 0.717) is 18.1 Å². The summed E-state index contributed by atoms with van der Waals surface area (Å²) in [7, 11) is 0. The Morgan fingerprint density at radius 3 is 2.40 bits per heavy atom. The molecular formula is C19H18N4O2. The van der Waals surface area contributed by atoms with Crippen LogP contribution in [0.3, 0.4) is 0 Å². The zero-order valence-corrected chi connectivity index (χ0v) is 13.8. The number of nitrogens with zero attached hydrogens (tertiary/aromatic N) is 2. The molecule has 0 unspecified atom stereocenters. The van der Waals surface area contributed by atoms with E-state index in [9.17, 15) is 4.79 Å². The van der Waals surface area contributed by atoms with Crippen molar-refractivity contribution in [2.75, 3.05) is 17.2 Å². The number of anilines is 3. The van der Waals surface area contributed by atoms with E-state index in [1.54, 1.807) is 0 Å². The number of benzene rings is 2. The van der Waals surface area contributed by atoms with Gasteiger partial charge in [-0.2, -0.15) is 0 Å². The van der Waals surface area contributed by atoms with Gasteiger partial charge in [-0.1, -0.05) is 30.3 Å². The van der Waals surface area contributed by atoms with E-state index in [2.05, 4.69) is 20.6 Å². The predicted molar refractivity (Wildman–Crippen MR) is 97.3 cm³/mol. The van der Waals surface area contributed by atoms with E-state index in [4.69, 9.17) is 4.74 Å². The van der Waals surface area contributed by atoms with Gasteiger partial charge in [0.05, 0.1) is 17.9 Å². The summed E-state index contributed by atoms with van der Waals surface area (Å²) in [5, 5.41) is 5.89. The lowest BCUT2D eigenvalue weighted by Crippen LogP contribution is -2.13. The highest BCUT2D eigenvalue weighted by Gasteiger charge is 2.09. The Bertz CT molecular complexity index is 836. The molecule has 6 nitrogen and oxygen atoms in total. The Balaban J connectivity index is 1.69. The Labute approximate surface area is 145 Å². The highest BCUT2D eigenvalue weighted by atomic mass is 16.5. The molecule has 2 aromatic carbocycles. The van der Waals surface area contributed by atoms with Gasteiger partial charge in [0.1, 0.15) is 5.75 Å². The van der Waals surface area contributed by atoms with E-state index in [-0.39, 0.29) is 5.91 Å². The Morgan fingerprint density at radius 2 is 1.68 bits per heavy atom. The van der Waals surface area contributed by atoms with Crippen LogP contribution in [0.1, 0.15) is 17.3 Å². The average Bonchev–Trinajstić information content (AvgIpc) is 2.65. The van der Waals surface area contributed by atoms with E-state index in [1.165, 1.54) is 12.4 Å². The van der Waals surface area contributed by atoms with Gasteiger partial charge in [-0.25, -0.2) is 9.97 Å². The molecule has 0 bridgehead atoms. The van der Waals surface area contributed by atoms with Crippen LogP contribution < -0.4 is 15.4 Å². The fourth-order valence-corrected chi connectivity index (χ4v) is 2.21. The number of amides is 1. The molecule has 6 heteroatoms. The quantitative estimate of drug-likeness (QED) is 0.715. The Kier molecular flexibility index (Phi) is 5.21. The number of ether oxygens (including phenoxy) is 1. The topological polar surface area (TPSA) is 76.1 Å². The molecular weight excluding hydrogens is 316 g/mol. The van der Waals surface area contributed by atoms with Gasteiger partial charge in [0.15, 0.2) is 0 Å². The fraction of sp³-hybridized carbons (Fsp3) is 0.105. The largest absolute Gasteiger partial charge is 0.492 e. The molecule has 0 spiro atoms. The molecule has 0 aliphatic carbocycles. The number of aromatic nitrogens is 2. The minimum Gasteiger partial charge on any atom is -0.492 e. The third kappa shape index (κ3) is 4.32. The van der Waals surface area contributed by atoms with E-state index in [1.807, 2.05) is 61.5 Å². The summed E-state index contributed by atoms with van der Waals surface area (Å²) >= 11 is 0. The summed E-state index contributed by atoms with van der Waals surface area (Å²) in [5.41, 5.74) is 1.87.